The molecule has 0 aliphatic carbocycles. The molecule has 7 heteroatoms. The molecule has 1 atom stereocenters. The number of amides is 1. The van der Waals surface area contributed by atoms with Crippen molar-refractivity contribution in [2.24, 2.45) is 5.92 Å². The van der Waals surface area contributed by atoms with E-state index in [1.54, 1.807) is 53.4 Å². The third-order valence-electron chi connectivity index (χ3n) is 5.63. The number of nitrogens with zero attached hydrogens (tertiary/aromatic N) is 3. The van der Waals surface area contributed by atoms with Gasteiger partial charge < -0.3 is 4.90 Å². The van der Waals surface area contributed by atoms with Gasteiger partial charge in [0.25, 0.3) is 11.5 Å². The lowest BCUT2D eigenvalue weighted by Gasteiger charge is -2.32. The molecule has 0 aliphatic heterocycles. The highest BCUT2D eigenvalue weighted by atomic mass is 35.5. The minimum absolute atomic E-state index is 0.126. The van der Waals surface area contributed by atoms with E-state index in [1.807, 2.05) is 26.8 Å². The summed E-state index contributed by atoms with van der Waals surface area (Å²) in [6, 6.07) is 19.1. The maximum absolute atomic E-state index is 13.9. The molecule has 0 aliphatic rings. The Balaban J connectivity index is 1.94. The first-order valence-corrected chi connectivity index (χ1v) is 11.5. The fourth-order valence-electron chi connectivity index (χ4n) is 4.03. The van der Waals surface area contributed by atoms with Gasteiger partial charge in [0.15, 0.2) is 0 Å². The normalized spacial score (nSPS) is 12.2. The molecule has 1 amide bonds. The number of para-hydroxylation sites is 2. The van der Waals surface area contributed by atoms with Gasteiger partial charge >= 0.3 is 0 Å². The lowest BCUT2D eigenvalue weighted by molar-refractivity contribution is 0.0654. The number of hydrogen-bond acceptors (Lipinski definition) is 3. The minimum Gasteiger partial charge on any atom is -0.328 e. The van der Waals surface area contributed by atoms with Crippen molar-refractivity contribution >= 4 is 28.4 Å². The molecule has 0 saturated heterocycles. The largest absolute Gasteiger partial charge is 0.328 e. The molecule has 4 aromatic rings. The van der Waals surface area contributed by atoms with Crippen molar-refractivity contribution in [1.29, 1.82) is 0 Å². The van der Waals surface area contributed by atoms with E-state index in [0.717, 1.165) is 0 Å². The Morgan fingerprint density at radius 2 is 1.74 bits per heavy atom. The van der Waals surface area contributed by atoms with Crippen molar-refractivity contribution in [1.82, 2.24) is 14.5 Å². The molecule has 0 spiro atoms. The average molecular weight is 478 g/mol. The molecule has 1 unspecified atom stereocenters. The van der Waals surface area contributed by atoms with Crippen LogP contribution < -0.4 is 5.56 Å². The fourth-order valence-corrected chi connectivity index (χ4v) is 4.25. The summed E-state index contributed by atoms with van der Waals surface area (Å²) in [4.78, 5) is 33.6. The van der Waals surface area contributed by atoms with Crippen LogP contribution in [0.2, 0.25) is 5.02 Å². The first-order valence-electron chi connectivity index (χ1n) is 11.1. The SMILES string of the molecule is CC(C)CN(C(=O)c1cccc(F)c1)C(C)c1nc2ccccc2c(=O)n1-c1ccccc1Cl. The first-order chi connectivity index (χ1) is 16.3. The van der Waals surface area contributed by atoms with Crippen LogP contribution in [0.1, 0.15) is 43.0 Å². The molecule has 0 bridgehead atoms. The highest BCUT2D eigenvalue weighted by molar-refractivity contribution is 6.32. The lowest BCUT2D eigenvalue weighted by Crippen LogP contribution is -2.39. The van der Waals surface area contributed by atoms with Crippen molar-refractivity contribution < 1.29 is 9.18 Å². The van der Waals surface area contributed by atoms with Crippen molar-refractivity contribution in [3.05, 3.63) is 105 Å². The van der Waals surface area contributed by atoms with E-state index in [-0.39, 0.29) is 22.9 Å². The topological polar surface area (TPSA) is 55.2 Å². The van der Waals surface area contributed by atoms with Crippen LogP contribution in [0, 0.1) is 11.7 Å². The van der Waals surface area contributed by atoms with E-state index in [4.69, 9.17) is 16.6 Å². The van der Waals surface area contributed by atoms with Crippen LogP contribution in [-0.4, -0.2) is 26.9 Å². The Labute approximate surface area is 202 Å². The van der Waals surface area contributed by atoms with Crippen LogP contribution in [0.25, 0.3) is 16.6 Å². The van der Waals surface area contributed by atoms with Crippen molar-refractivity contribution in [3.63, 3.8) is 0 Å². The number of carbonyl (C=O) groups excluding carboxylic acids is 1. The van der Waals surface area contributed by atoms with Gasteiger partial charge in [0.2, 0.25) is 0 Å². The van der Waals surface area contributed by atoms with Crippen LogP contribution in [0.3, 0.4) is 0 Å². The molecular weight excluding hydrogens is 453 g/mol. The molecule has 0 fully saturated rings. The number of carbonyl (C=O) groups is 1. The maximum Gasteiger partial charge on any atom is 0.266 e. The smallest absolute Gasteiger partial charge is 0.266 e. The zero-order chi connectivity index (χ0) is 24.4. The van der Waals surface area contributed by atoms with Crippen LogP contribution in [0.5, 0.6) is 0 Å². The van der Waals surface area contributed by atoms with Gasteiger partial charge in [-0.3, -0.25) is 14.2 Å². The Bertz CT molecular complexity index is 1420. The van der Waals surface area contributed by atoms with E-state index in [0.29, 0.717) is 34.0 Å². The van der Waals surface area contributed by atoms with E-state index in [2.05, 4.69) is 0 Å². The summed E-state index contributed by atoms with van der Waals surface area (Å²) in [5.74, 6) is -0.322. The standard InChI is InChI=1S/C27H25ClFN3O2/c1-17(2)16-31(26(33)19-9-8-10-20(29)15-19)18(3)25-30-23-13-6-4-11-21(23)27(34)32(25)24-14-7-5-12-22(24)28/h4-15,17-18H,16H2,1-3H3. The van der Waals surface area contributed by atoms with Crippen molar-refractivity contribution in [2.75, 3.05) is 6.54 Å². The number of hydrogen-bond donors (Lipinski definition) is 0. The molecule has 4 rings (SSSR count). The third kappa shape index (κ3) is 4.59. The van der Waals surface area contributed by atoms with E-state index >= 15 is 0 Å². The summed E-state index contributed by atoms with van der Waals surface area (Å²) in [5, 5.41) is 0.840. The lowest BCUT2D eigenvalue weighted by atomic mass is 10.1. The molecule has 0 N–H and O–H groups in total. The zero-order valence-corrected chi connectivity index (χ0v) is 20.0. The Kier molecular flexibility index (Phi) is 6.80. The maximum atomic E-state index is 13.9. The number of aromatic nitrogens is 2. The van der Waals surface area contributed by atoms with Crippen molar-refractivity contribution in [2.45, 2.75) is 26.8 Å². The Hall–Kier alpha value is -3.51. The highest BCUT2D eigenvalue weighted by Gasteiger charge is 2.28. The molecule has 3 aromatic carbocycles. The van der Waals surface area contributed by atoms with Gasteiger partial charge in [-0.1, -0.05) is 55.8 Å². The predicted molar refractivity (Wildman–Crippen MR) is 133 cm³/mol. The van der Waals surface area contributed by atoms with Gasteiger partial charge in [-0.2, -0.15) is 0 Å². The third-order valence-corrected chi connectivity index (χ3v) is 5.95. The Morgan fingerprint density at radius 3 is 2.44 bits per heavy atom. The molecule has 1 heterocycles. The predicted octanol–water partition coefficient (Wildman–Crippen LogP) is 6.04. The molecule has 0 saturated carbocycles. The highest BCUT2D eigenvalue weighted by Crippen LogP contribution is 2.28. The van der Waals surface area contributed by atoms with E-state index in [1.165, 1.54) is 22.8 Å². The summed E-state index contributed by atoms with van der Waals surface area (Å²) in [6.07, 6.45) is 0. The Morgan fingerprint density at radius 1 is 1.03 bits per heavy atom. The van der Waals surface area contributed by atoms with Crippen molar-refractivity contribution in [3.8, 4) is 5.69 Å². The summed E-state index contributed by atoms with van der Waals surface area (Å²) in [5.41, 5.74) is 0.973. The summed E-state index contributed by atoms with van der Waals surface area (Å²) < 4.78 is 15.4. The molecule has 5 nitrogen and oxygen atoms in total. The minimum atomic E-state index is -0.605. The first kappa shape index (κ1) is 23.6. The number of benzene rings is 3. The fraction of sp³-hybridized carbons (Fsp3) is 0.222. The van der Waals surface area contributed by atoms with Gasteiger partial charge in [-0.05, 0) is 55.3 Å². The van der Waals surface area contributed by atoms with Gasteiger partial charge in [-0.15, -0.1) is 0 Å². The van der Waals surface area contributed by atoms with Gasteiger partial charge in [0.1, 0.15) is 11.6 Å². The van der Waals surface area contributed by atoms with Crippen LogP contribution in [0.15, 0.2) is 77.6 Å². The van der Waals surface area contributed by atoms with Gasteiger partial charge in [0.05, 0.1) is 27.7 Å². The van der Waals surface area contributed by atoms with Gasteiger partial charge in [-0.25, -0.2) is 9.37 Å². The van der Waals surface area contributed by atoms with E-state index < -0.39 is 11.9 Å². The average Bonchev–Trinajstić information content (AvgIpc) is 2.82. The zero-order valence-electron chi connectivity index (χ0n) is 19.2. The number of fused-ring (bicyclic) bond motifs is 1. The number of rotatable bonds is 6. The second-order valence-corrected chi connectivity index (χ2v) is 9.02. The summed E-state index contributed by atoms with van der Waals surface area (Å²) >= 11 is 6.49. The van der Waals surface area contributed by atoms with Crippen LogP contribution >= 0.6 is 11.6 Å². The quantitative estimate of drug-likeness (QED) is 0.340. The molecule has 1 aromatic heterocycles. The molecule has 174 valence electrons. The number of halogens is 2. The monoisotopic (exact) mass is 477 g/mol. The summed E-state index contributed by atoms with van der Waals surface area (Å²) in [6.45, 7) is 6.20. The molecule has 0 radical (unpaired) electrons. The van der Waals surface area contributed by atoms with Gasteiger partial charge in [0, 0.05) is 12.1 Å². The van der Waals surface area contributed by atoms with Crippen LogP contribution in [-0.2, 0) is 0 Å². The molecule has 34 heavy (non-hydrogen) atoms. The second-order valence-electron chi connectivity index (χ2n) is 8.62. The molecular formula is C27H25ClFN3O2. The van der Waals surface area contributed by atoms with Crippen LogP contribution in [0.4, 0.5) is 4.39 Å². The van der Waals surface area contributed by atoms with E-state index in [9.17, 15) is 14.0 Å². The second kappa shape index (κ2) is 9.77. The summed E-state index contributed by atoms with van der Waals surface area (Å²) in [7, 11) is 0.